The fourth-order valence-electron chi connectivity index (χ4n) is 4.18. The van der Waals surface area contributed by atoms with E-state index in [1.54, 1.807) is 29.2 Å². The second-order valence-electron chi connectivity index (χ2n) is 8.23. The Morgan fingerprint density at radius 1 is 1.09 bits per heavy atom. The molecule has 5 rings (SSSR count). The summed E-state index contributed by atoms with van der Waals surface area (Å²) in [5.41, 5.74) is 2.29. The summed E-state index contributed by atoms with van der Waals surface area (Å²) >= 11 is 13.1. The van der Waals surface area contributed by atoms with Crippen molar-refractivity contribution in [2.24, 2.45) is 0 Å². The fraction of sp³-hybridized carbons (Fsp3) is 0.240. The van der Waals surface area contributed by atoms with Crippen LogP contribution >= 0.6 is 35.0 Å². The minimum Gasteiger partial charge on any atom is -0.378 e. The van der Waals surface area contributed by atoms with Gasteiger partial charge in [0.2, 0.25) is 5.91 Å². The van der Waals surface area contributed by atoms with Crippen LogP contribution in [0.25, 0.3) is 17.0 Å². The summed E-state index contributed by atoms with van der Waals surface area (Å²) in [6, 6.07) is 12.7. The molecule has 0 saturated carbocycles. The van der Waals surface area contributed by atoms with Gasteiger partial charge in [-0.25, -0.2) is 0 Å². The van der Waals surface area contributed by atoms with Gasteiger partial charge in [0, 0.05) is 45.8 Å². The molecule has 1 aromatic heterocycles. The lowest BCUT2D eigenvalue weighted by atomic mass is 10.1. The molecule has 3 aromatic rings. The number of para-hydroxylation sites is 1. The van der Waals surface area contributed by atoms with Crippen LogP contribution in [0.4, 0.5) is 4.79 Å². The van der Waals surface area contributed by atoms with Crippen LogP contribution in [0, 0.1) is 0 Å². The van der Waals surface area contributed by atoms with Gasteiger partial charge in [-0.3, -0.25) is 19.3 Å². The lowest BCUT2D eigenvalue weighted by Gasteiger charge is -2.27. The minimum atomic E-state index is -0.382. The summed E-state index contributed by atoms with van der Waals surface area (Å²) in [5, 5.41) is 1.41. The van der Waals surface area contributed by atoms with Crippen molar-refractivity contribution in [3.05, 3.63) is 74.7 Å². The molecular weight excluding hydrogens is 509 g/mol. The van der Waals surface area contributed by atoms with E-state index in [1.807, 2.05) is 35.0 Å². The number of morpholine rings is 1. The van der Waals surface area contributed by atoms with Crippen molar-refractivity contribution in [1.82, 2.24) is 14.4 Å². The first kappa shape index (κ1) is 23.9. The number of carbonyl (C=O) groups excluding carboxylic acids is 3. The topological polar surface area (TPSA) is 71.9 Å². The van der Waals surface area contributed by atoms with Crippen molar-refractivity contribution >= 4 is 69.0 Å². The van der Waals surface area contributed by atoms with E-state index in [-0.39, 0.29) is 30.1 Å². The van der Waals surface area contributed by atoms with Crippen molar-refractivity contribution < 1.29 is 19.1 Å². The first-order chi connectivity index (χ1) is 16.9. The fourth-order valence-corrected chi connectivity index (χ4v) is 5.47. The summed E-state index contributed by atoms with van der Waals surface area (Å²) in [6.45, 7) is 2.49. The molecule has 0 aliphatic carbocycles. The van der Waals surface area contributed by atoms with Crippen LogP contribution in [0.2, 0.25) is 10.0 Å². The number of benzene rings is 2. The Kier molecular flexibility index (Phi) is 6.88. The maximum absolute atomic E-state index is 13.1. The average molecular weight is 530 g/mol. The molecule has 2 aliphatic heterocycles. The zero-order valence-corrected chi connectivity index (χ0v) is 20.9. The van der Waals surface area contributed by atoms with E-state index >= 15 is 0 Å². The van der Waals surface area contributed by atoms with Gasteiger partial charge < -0.3 is 14.2 Å². The van der Waals surface area contributed by atoms with Gasteiger partial charge in [-0.2, -0.15) is 0 Å². The number of thioether (sulfide) groups is 1. The van der Waals surface area contributed by atoms with Crippen molar-refractivity contribution in [3.8, 4) is 0 Å². The largest absolute Gasteiger partial charge is 0.378 e. The van der Waals surface area contributed by atoms with Gasteiger partial charge in [-0.1, -0.05) is 47.5 Å². The van der Waals surface area contributed by atoms with E-state index in [4.69, 9.17) is 27.9 Å². The lowest BCUT2D eigenvalue weighted by molar-refractivity contribution is -0.135. The number of ether oxygens (including phenoxy) is 1. The number of rotatable bonds is 5. The van der Waals surface area contributed by atoms with E-state index in [1.165, 1.54) is 4.90 Å². The number of halogens is 2. The highest BCUT2D eigenvalue weighted by molar-refractivity contribution is 8.18. The molecule has 7 nitrogen and oxygen atoms in total. The maximum atomic E-state index is 13.1. The van der Waals surface area contributed by atoms with Crippen LogP contribution in [0.5, 0.6) is 0 Å². The van der Waals surface area contributed by atoms with Gasteiger partial charge in [0.05, 0.1) is 24.7 Å². The molecule has 180 valence electrons. The van der Waals surface area contributed by atoms with Crippen LogP contribution in [0.15, 0.2) is 53.6 Å². The maximum Gasteiger partial charge on any atom is 0.293 e. The third-order valence-electron chi connectivity index (χ3n) is 5.99. The number of nitrogens with zero attached hydrogens (tertiary/aromatic N) is 3. The predicted molar refractivity (Wildman–Crippen MR) is 137 cm³/mol. The molecule has 0 N–H and O–H groups in total. The molecule has 10 heteroatoms. The second kappa shape index (κ2) is 10.1. The molecule has 0 bridgehead atoms. The van der Waals surface area contributed by atoms with Crippen molar-refractivity contribution in [2.75, 3.05) is 26.3 Å². The predicted octanol–water partition coefficient (Wildman–Crippen LogP) is 5.04. The number of hydrogen-bond donors (Lipinski definition) is 0. The van der Waals surface area contributed by atoms with E-state index < -0.39 is 0 Å². The number of amides is 3. The molecule has 0 radical (unpaired) electrons. The lowest BCUT2D eigenvalue weighted by Crippen LogP contribution is -2.42. The van der Waals surface area contributed by atoms with E-state index in [2.05, 4.69) is 0 Å². The molecule has 2 aliphatic rings. The number of hydrogen-bond acceptors (Lipinski definition) is 5. The smallest absolute Gasteiger partial charge is 0.293 e. The Balaban J connectivity index is 1.41. The SMILES string of the molecule is O=C(Cn1cc(/C=C2\SC(=O)N(Cc3ccc(Cl)cc3Cl)C2=O)c2ccccc21)N1CCOCC1. The Hall–Kier alpha value is -2.78. The molecule has 0 atom stereocenters. The highest BCUT2D eigenvalue weighted by Gasteiger charge is 2.35. The summed E-state index contributed by atoms with van der Waals surface area (Å²) < 4.78 is 7.22. The number of fused-ring (bicyclic) bond motifs is 1. The van der Waals surface area contributed by atoms with Crippen LogP contribution in [0.1, 0.15) is 11.1 Å². The normalized spacial score (nSPS) is 17.7. The van der Waals surface area contributed by atoms with Crippen LogP contribution in [-0.4, -0.2) is 57.7 Å². The molecule has 35 heavy (non-hydrogen) atoms. The Morgan fingerprint density at radius 2 is 1.86 bits per heavy atom. The molecule has 2 aromatic carbocycles. The molecule has 2 saturated heterocycles. The monoisotopic (exact) mass is 529 g/mol. The number of carbonyl (C=O) groups is 3. The van der Waals surface area contributed by atoms with Gasteiger partial charge >= 0.3 is 0 Å². The minimum absolute atomic E-state index is 0.0146. The molecule has 0 unspecified atom stereocenters. The Morgan fingerprint density at radius 3 is 2.63 bits per heavy atom. The average Bonchev–Trinajstić information content (AvgIpc) is 3.33. The highest BCUT2D eigenvalue weighted by Crippen LogP contribution is 2.36. The van der Waals surface area contributed by atoms with Gasteiger partial charge in [0.1, 0.15) is 6.54 Å². The Labute approximate surface area is 216 Å². The standard InChI is InChI=1S/C25H21Cl2N3O4S/c26-18-6-5-16(20(27)12-18)14-30-24(32)22(35-25(30)33)11-17-13-29(21-4-2-1-3-19(17)21)15-23(31)28-7-9-34-10-8-28/h1-6,11-13H,7-10,14-15H2/b22-11-. The molecule has 3 heterocycles. The second-order valence-corrected chi connectivity index (χ2v) is 10.1. The van der Waals surface area contributed by atoms with E-state index in [0.29, 0.717) is 46.8 Å². The third-order valence-corrected chi connectivity index (χ3v) is 7.49. The van der Waals surface area contributed by atoms with Crippen LogP contribution in [-0.2, 0) is 27.4 Å². The van der Waals surface area contributed by atoms with Crippen molar-refractivity contribution in [1.29, 1.82) is 0 Å². The highest BCUT2D eigenvalue weighted by atomic mass is 35.5. The molecule has 3 amide bonds. The number of aromatic nitrogens is 1. The third kappa shape index (κ3) is 4.97. The summed E-state index contributed by atoms with van der Waals surface area (Å²) in [6.07, 6.45) is 3.57. The first-order valence-corrected chi connectivity index (χ1v) is 12.6. The quantitative estimate of drug-likeness (QED) is 0.432. The van der Waals surface area contributed by atoms with Gasteiger partial charge in [-0.15, -0.1) is 0 Å². The summed E-state index contributed by atoms with van der Waals surface area (Å²) in [5.74, 6) is -0.368. The first-order valence-electron chi connectivity index (χ1n) is 11.0. The zero-order valence-electron chi connectivity index (χ0n) is 18.6. The van der Waals surface area contributed by atoms with Gasteiger partial charge in [0.15, 0.2) is 0 Å². The summed E-state index contributed by atoms with van der Waals surface area (Å²) in [4.78, 5) is 41.9. The van der Waals surface area contributed by atoms with Gasteiger partial charge in [-0.05, 0) is 41.6 Å². The zero-order chi connectivity index (χ0) is 24.5. The summed E-state index contributed by atoms with van der Waals surface area (Å²) in [7, 11) is 0. The van der Waals surface area contributed by atoms with Gasteiger partial charge in [0.25, 0.3) is 11.1 Å². The van der Waals surface area contributed by atoms with Crippen LogP contribution in [0.3, 0.4) is 0 Å². The van der Waals surface area contributed by atoms with E-state index in [0.717, 1.165) is 28.2 Å². The van der Waals surface area contributed by atoms with Crippen LogP contribution < -0.4 is 0 Å². The Bertz CT molecular complexity index is 1360. The van der Waals surface area contributed by atoms with E-state index in [9.17, 15) is 14.4 Å². The number of imide groups is 1. The molecule has 2 fully saturated rings. The molecular formula is C25H21Cl2N3O4S. The molecule has 0 spiro atoms. The van der Waals surface area contributed by atoms with Crippen molar-refractivity contribution in [2.45, 2.75) is 13.1 Å². The van der Waals surface area contributed by atoms with Crippen molar-refractivity contribution in [3.63, 3.8) is 0 Å².